The van der Waals surface area contributed by atoms with Crippen LogP contribution in [0.1, 0.15) is 13.1 Å². The molecule has 0 saturated carbocycles. The second kappa shape index (κ2) is 6.45. The van der Waals surface area contributed by atoms with Gasteiger partial charge >= 0.3 is 0 Å². The van der Waals surface area contributed by atoms with Crippen LogP contribution in [0, 0.1) is 0 Å². The zero-order valence-electron chi connectivity index (χ0n) is 13.6. The van der Waals surface area contributed by atoms with Crippen molar-refractivity contribution in [3.8, 4) is 11.3 Å². The van der Waals surface area contributed by atoms with Gasteiger partial charge in [-0.05, 0) is 19.1 Å². The van der Waals surface area contributed by atoms with E-state index in [-0.39, 0.29) is 11.7 Å². The standard InChI is InChI=1S/C16H17ClN6O/c1-11(22-5-4-13(17)7-16(22)24)23-10-15(19-20-23)12-6-14(21(2)3)9-18-8-12/h4-11H,1-3H3. The van der Waals surface area contributed by atoms with E-state index in [1.807, 2.05) is 32.0 Å². The maximum absolute atomic E-state index is 12.1. The van der Waals surface area contributed by atoms with Crippen LogP contribution in [-0.4, -0.2) is 38.6 Å². The van der Waals surface area contributed by atoms with Crippen molar-refractivity contribution in [3.63, 3.8) is 0 Å². The van der Waals surface area contributed by atoms with Gasteiger partial charge in [0.1, 0.15) is 11.9 Å². The smallest absolute Gasteiger partial charge is 0.253 e. The molecule has 0 fully saturated rings. The Morgan fingerprint density at radius 2 is 2.04 bits per heavy atom. The maximum atomic E-state index is 12.1. The summed E-state index contributed by atoms with van der Waals surface area (Å²) >= 11 is 5.83. The fourth-order valence-electron chi connectivity index (χ4n) is 2.31. The summed E-state index contributed by atoms with van der Waals surface area (Å²) in [6.07, 6.45) is 6.64. The Bertz CT molecular complexity index is 917. The molecule has 0 N–H and O–H groups in total. The second-order valence-electron chi connectivity index (χ2n) is 5.63. The van der Waals surface area contributed by atoms with Gasteiger partial charge in [0.2, 0.25) is 0 Å². The molecule has 0 bridgehead atoms. The molecule has 0 spiro atoms. The molecule has 8 heteroatoms. The van der Waals surface area contributed by atoms with Gasteiger partial charge in [0.05, 0.1) is 18.1 Å². The number of rotatable bonds is 4. The minimum absolute atomic E-state index is 0.191. The monoisotopic (exact) mass is 344 g/mol. The summed E-state index contributed by atoms with van der Waals surface area (Å²) in [5.41, 5.74) is 2.34. The van der Waals surface area contributed by atoms with Gasteiger partial charge in [-0.2, -0.15) is 0 Å². The van der Waals surface area contributed by atoms with Crippen LogP contribution in [0.3, 0.4) is 0 Å². The molecular weight excluding hydrogens is 328 g/mol. The van der Waals surface area contributed by atoms with E-state index in [0.717, 1.165) is 11.3 Å². The molecule has 3 heterocycles. The lowest BCUT2D eigenvalue weighted by atomic mass is 10.2. The van der Waals surface area contributed by atoms with Gasteiger partial charge in [-0.3, -0.25) is 14.3 Å². The minimum Gasteiger partial charge on any atom is -0.376 e. The highest BCUT2D eigenvalue weighted by molar-refractivity contribution is 6.30. The molecule has 1 atom stereocenters. The van der Waals surface area contributed by atoms with E-state index in [1.165, 1.54) is 6.07 Å². The van der Waals surface area contributed by atoms with E-state index in [2.05, 4.69) is 15.3 Å². The predicted molar refractivity (Wildman–Crippen MR) is 93.4 cm³/mol. The molecular formula is C16H17ClN6O. The van der Waals surface area contributed by atoms with Crippen LogP contribution in [0.4, 0.5) is 5.69 Å². The molecule has 7 nitrogen and oxygen atoms in total. The number of hydrogen-bond donors (Lipinski definition) is 0. The van der Waals surface area contributed by atoms with E-state index in [0.29, 0.717) is 10.7 Å². The molecule has 3 rings (SSSR count). The fraction of sp³-hybridized carbons (Fsp3) is 0.250. The van der Waals surface area contributed by atoms with Crippen molar-refractivity contribution in [3.05, 3.63) is 58.4 Å². The lowest BCUT2D eigenvalue weighted by Crippen LogP contribution is -2.26. The van der Waals surface area contributed by atoms with Crippen LogP contribution < -0.4 is 10.5 Å². The third kappa shape index (κ3) is 3.16. The third-order valence-electron chi connectivity index (χ3n) is 3.74. The SMILES string of the molecule is CC(n1cc(-c2cncc(N(C)C)c2)nn1)n1ccc(Cl)cc1=O. The summed E-state index contributed by atoms with van der Waals surface area (Å²) in [4.78, 5) is 18.3. The summed E-state index contributed by atoms with van der Waals surface area (Å²) in [5, 5.41) is 8.74. The Morgan fingerprint density at radius 1 is 1.25 bits per heavy atom. The lowest BCUT2D eigenvalue weighted by molar-refractivity contribution is 0.405. The summed E-state index contributed by atoms with van der Waals surface area (Å²) in [6.45, 7) is 1.86. The topological polar surface area (TPSA) is 68.8 Å². The van der Waals surface area contributed by atoms with Crippen LogP contribution in [0.15, 0.2) is 47.8 Å². The highest BCUT2D eigenvalue weighted by Gasteiger charge is 2.13. The van der Waals surface area contributed by atoms with Gasteiger partial charge in [0.15, 0.2) is 0 Å². The van der Waals surface area contributed by atoms with Crippen LogP contribution >= 0.6 is 11.6 Å². The molecule has 0 amide bonds. The van der Waals surface area contributed by atoms with Gasteiger partial charge in [-0.1, -0.05) is 16.8 Å². The molecule has 1 unspecified atom stereocenters. The van der Waals surface area contributed by atoms with Crippen LogP contribution in [0.5, 0.6) is 0 Å². The van der Waals surface area contributed by atoms with Gasteiger partial charge in [-0.15, -0.1) is 5.10 Å². The van der Waals surface area contributed by atoms with Gasteiger partial charge < -0.3 is 4.90 Å². The van der Waals surface area contributed by atoms with Crippen molar-refractivity contribution in [1.82, 2.24) is 24.5 Å². The Morgan fingerprint density at radius 3 is 2.75 bits per heavy atom. The van der Waals surface area contributed by atoms with Gasteiger partial charge in [0, 0.05) is 43.1 Å². The first-order valence-corrected chi connectivity index (χ1v) is 7.76. The molecule has 0 aliphatic carbocycles. The van der Waals surface area contributed by atoms with Crippen molar-refractivity contribution in [2.75, 3.05) is 19.0 Å². The summed E-state index contributed by atoms with van der Waals surface area (Å²) < 4.78 is 3.17. The molecule has 0 saturated heterocycles. The average Bonchev–Trinajstić information content (AvgIpc) is 3.04. The predicted octanol–water partition coefficient (Wildman–Crippen LogP) is 2.29. The average molecular weight is 345 g/mol. The Kier molecular flexibility index (Phi) is 4.35. The molecule has 0 radical (unpaired) electrons. The normalized spacial score (nSPS) is 12.2. The summed E-state index contributed by atoms with van der Waals surface area (Å²) in [6, 6.07) is 5.03. The number of anilines is 1. The Hall–Kier alpha value is -2.67. The van der Waals surface area contributed by atoms with Crippen molar-refractivity contribution < 1.29 is 0 Å². The quantitative estimate of drug-likeness (QED) is 0.726. The van der Waals surface area contributed by atoms with Gasteiger partial charge in [0.25, 0.3) is 5.56 Å². The fourth-order valence-corrected chi connectivity index (χ4v) is 2.46. The van der Waals surface area contributed by atoms with Crippen molar-refractivity contribution >= 4 is 17.3 Å². The van der Waals surface area contributed by atoms with Gasteiger partial charge in [-0.25, -0.2) is 4.68 Å². The summed E-state index contributed by atoms with van der Waals surface area (Å²) in [5.74, 6) is 0. The second-order valence-corrected chi connectivity index (χ2v) is 6.07. The number of halogens is 1. The first-order chi connectivity index (χ1) is 11.5. The van der Waals surface area contributed by atoms with E-state index in [4.69, 9.17) is 11.6 Å². The molecule has 3 aromatic heterocycles. The number of pyridine rings is 2. The highest BCUT2D eigenvalue weighted by atomic mass is 35.5. The van der Waals surface area contributed by atoms with Crippen molar-refractivity contribution in [1.29, 1.82) is 0 Å². The molecule has 3 aromatic rings. The van der Waals surface area contributed by atoms with E-state index in [9.17, 15) is 4.79 Å². The van der Waals surface area contributed by atoms with Crippen LogP contribution in [0.25, 0.3) is 11.3 Å². The Balaban J connectivity index is 1.93. The molecule has 0 aliphatic rings. The third-order valence-corrected chi connectivity index (χ3v) is 3.98. The highest BCUT2D eigenvalue weighted by Crippen LogP contribution is 2.21. The first kappa shape index (κ1) is 16.2. The zero-order valence-corrected chi connectivity index (χ0v) is 14.3. The van der Waals surface area contributed by atoms with Crippen molar-refractivity contribution in [2.24, 2.45) is 0 Å². The maximum Gasteiger partial charge on any atom is 0.253 e. The number of aromatic nitrogens is 5. The van der Waals surface area contributed by atoms with E-state index >= 15 is 0 Å². The first-order valence-electron chi connectivity index (χ1n) is 7.38. The lowest BCUT2D eigenvalue weighted by Gasteiger charge is -2.14. The summed E-state index contributed by atoms with van der Waals surface area (Å²) in [7, 11) is 3.90. The number of nitrogens with zero attached hydrogens (tertiary/aromatic N) is 6. The largest absolute Gasteiger partial charge is 0.376 e. The molecule has 0 aromatic carbocycles. The number of hydrogen-bond acceptors (Lipinski definition) is 5. The molecule has 24 heavy (non-hydrogen) atoms. The Labute approximate surface area is 144 Å². The van der Waals surface area contributed by atoms with Crippen molar-refractivity contribution in [2.45, 2.75) is 13.1 Å². The molecule has 0 aliphatic heterocycles. The van der Waals surface area contributed by atoms with E-state index < -0.39 is 0 Å². The minimum atomic E-state index is -0.319. The van der Waals surface area contributed by atoms with E-state index in [1.54, 1.807) is 40.1 Å². The van der Waals surface area contributed by atoms with Crippen LogP contribution in [0.2, 0.25) is 5.02 Å². The molecule has 124 valence electrons. The van der Waals surface area contributed by atoms with Crippen LogP contribution in [-0.2, 0) is 0 Å². The zero-order chi connectivity index (χ0) is 17.3.